The molecule has 6 heteroatoms. The lowest BCUT2D eigenvalue weighted by atomic mass is 9.91. The zero-order valence-corrected chi connectivity index (χ0v) is 15.6. The van der Waals surface area contributed by atoms with Gasteiger partial charge in [-0.3, -0.25) is 0 Å². The normalized spacial score (nSPS) is 18.5. The third-order valence-corrected chi connectivity index (χ3v) is 8.41. The molecule has 0 radical (unpaired) electrons. The molecule has 1 unspecified atom stereocenters. The number of benzene rings is 1. The molecule has 0 saturated heterocycles. The average Bonchev–Trinajstić information content (AvgIpc) is 3.25. The third kappa shape index (κ3) is 2.63. The number of sulfonamides is 1. The highest BCUT2D eigenvalue weighted by molar-refractivity contribution is 7.91. The van der Waals surface area contributed by atoms with Crippen molar-refractivity contribution in [3.8, 4) is 0 Å². The number of hydrogen-bond donors (Lipinski definition) is 0. The van der Waals surface area contributed by atoms with E-state index in [0.717, 1.165) is 22.4 Å². The van der Waals surface area contributed by atoms with Crippen LogP contribution in [0.15, 0.2) is 57.4 Å². The summed E-state index contributed by atoms with van der Waals surface area (Å²) in [6, 6.07) is 13.6. The van der Waals surface area contributed by atoms with Gasteiger partial charge in [0.15, 0.2) is 0 Å². The van der Waals surface area contributed by atoms with Gasteiger partial charge < -0.3 is 0 Å². The quantitative estimate of drug-likeness (QED) is 0.678. The molecule has 3 heterocycles. The Bertz CT molecular complexity index is 958. The van der Waals surface area contributed by atoms with Crippen LogP contribution in [0.4, 0.5) is 0 Å². The van der Waals surface area contributed by atoms with Crippen molar-refractivity contribution in [2.24, 2.45) is 0 Å². The highest BCUT2D eigenvalue weighted by Gasteiger charge is 2.38. The average molecular weight is 376 g/mol. The second-order valence-corrected chi connectivity index (χ2v) is 10.1. The molecule has 1 atom stereocenters. The SMILES string of the molecule is Cc1ccc(S(=O)(=O)N2CCc3ccccc3C2c2ccsc2)s1. The summed E-state index contributed by atoms with van der Waals surface area (Å²) < 4.78 is 28.6. The minimum absolute atomic E-state index is 0.242. The van der Waals surface area contributed by atoms with Crippen LogP contribution in [0, 0.1) is 6.92 Å². The van der Waals surface area contributed by atoms with Gasteiger partial charge in [0.25, 0.3) is 10.0 Å². The maximum atomic E-state index is 13.3. The van der Waals surface area contributed by atoms with E-state index in [2.05, 4.69) is 17.5 Å². The van der Waals surface area contributed by atoms with Crippen molar-refractivity contribution in [3.05, 3.63) is 74.8 Å². The van der Waals surface area contributed by atoms with Gasteiger partial charge in [-0.05, 0) is 59.0 Å². The van der Waals surface area contributed by atoms with Crippen molar-refractivity contribution < 1.29 is 8.42 Å². The maximum absolute atomic E-state index is 13.3. The summed E-state index contributed by atoms with van der Waals surface area (Å²) in [5, 5.41) is 4.06. The fraction of sp³-hybridized carbons (Fsp3) is 0.222. The van der Waals surface area contributed by atoms with Gasteiger partial charge in [-0.1, -0.05) is 24.3 Å². The number of rotatable bonds is 3. The summed E-state index contributed by atoms with van der Waals surface area (Å²) in [5.74, 6) is 0. The summed E-state index contributed by atoms with van der Waals surface area (Å²) in [6.45, 7) is 2.45. The van der Waals surface area contributed by atoms with Crippen molar-refractivity contribution in [2.45, 2.75) is 23.6 Å². The van der Waals surface area contributed by atoms with Crippen LogP contribution in [0.25, 0.3) is 0 Å². The highest BCUT2D eigenvalue weighted by atomic mass is 32.2. The molecule has 0 saturated carbocycles. The molecule has 3 aromatic rings. The highest BCUT2D eigenvalue weighted by Crippen LogP contribution is 2.40. The molecule has 0 N–H and O–H groups in total. The predicted molar refractivity (Wildman–Crippen MR) is 99.3 cm³/mol. The van der Waals surface area contributed by atoms with Gasteiger partial charge >= 0.3 is 0 Å². The Kier molecular flexibility index (Phi) is 4.08. The fourth-order valence-electron chi connectivity index (χ4n) is 3.25. The first kappa shape index (κ1) is 16.0. The first-order chi connectivity index (χ1) is 11.6. The summed E-state index contributed by atoms with van der Waals surface area (Å²) in [6.07, 6.45) is 0.750. The molecule has 1 aliphatic heterocycles. The smallest absolute Gasteiger partial charge is 0.206 e. The first-order valence-electron chi connectivity index (χ1n) is 7.75. The topological polar surface area (TPSA) is 37.4 Å². The van der Waals surface area contributed by atoms with Crippen LogP contribution < -0.4 is 0 Å². The van der Waals surface area contributed by atoms with E-state index in [1.54, 1.807) is 21.7 Å². The Morgan fingerprint density at radius 3 is 2.67 bits per heavy atom. The van der Waals surface area contributed by atoms with Crippen molar-refractivity contribution in [1.82, 2.24) is 4.31 Å². The van der Waals surface area contributed by atoms with Gasteiger partial charge in [0.1, 0.15) is 4.21 Å². The van der Waals surface area contributed by atoms with E-state index in [0.29, 0.717) is 10.8 Å². The van der Waals surface area contributed by atoms with Crippen LogP contribution in [-0.4, -0.2) is 19.3 Å². The van der Waals surface area contributed by atoms with E-state index in [1.165, 1.54) is 16.9 Å². The largest absolute Gasteiger partial charge is 0.253 e. The lowest BCUT2D eigenvalue weighted by Crippen LogP contribution is -2.40. The van der Waals surface area contributed by atoms with Crippen molar-refractivity contribution in [1.29, 1.82) is 0 Å². The molecule has 4 rings (SSSR count). The molecule has 0 aliphatic carbocycles. The summed E-state index contributed by atoms with van der Waals surface area (Å²) in [7, 11) is -3.50. The second kappa shape index (κ2) is 6.11. The van der Waals surface area contributed by atoms with E-state index in [1.807, 2.05) is 36.6 Å². The Morgan fingerprint density at radius 1 is 1.12 bits per heavy atom. The minimum Gasteiger partial charge on any atom is -0.206 e. The van der Waals surface area contributed by atoms with Crippen LogP contribution in [0.1, 0.15) is 27.6 Å². The molecule has 1 aliphatic rings. The van der Waals surface area contributed by atoms with E-state index in [-0.39, 0.29) is 6.04 Å². The van der Waals surface area contributed by atoms with Crippen LogP contribution in [0.3, 0.4) is 0 Å². The molecular weight excluding hydrogens is 358 g/mol. The second-order valence-electron chi connectivity index (χ2n) is 5.89. The fourth-order valence-corrected chi connectivity index (χ4v) is 6.93. The van der Waals surface area contributed by atoms with Crippen molar-refractivity contribution >= 4 is 32.7 Å². The Morgan fingerprint density at radius 2 is 1.96 bits per heavy atom. The summed E-state index contributed by atoms with van der Waals surface area (Å²) in [5.41, 5.74) is 3.38. The minimum atomic E-state index is -3.50. The Labute approximate surface area is 150 Å². The molecule has 0 amide bonds. The summed E-state index contributed by atoms with van der Waals surface area (Å²) >= 11 is 2.94. The number of fused-ring (bicyclic) bond motifs is 1. The molecular formula is C18H17NO2S3. The van der Waals surface area contributed by atoms with Crippen LogP contribution in [0.5, 0.6) is 0 Å². The third-order valence-electron chi connectivity index (χ3n) is 4.38. The maximum Gasteiger partial charge on any atom is 0.253 e. The molecule has 3 nitrogen and oxygen atoms in total. The van der Waals surface area contributed by atoms with Gasteiger partial charge in [0.05, 0.1) is 6.04 Å². The van der Waals surface area contributed by atoms with Crippen molar-refractivity contribution in [2.75, 3.05) is 6.54 Å². The molecule has 0 fully saturated rings. The van der Waals surface area contributed by atoms with E-state index in [4.69, 9.17) is 0 Å². The predicted octanol–water partition coefficient (Wildman–Crippen LogP) is 4.45. The zero-order valence-electron chi connectivity index (χ0n) is 13.2. The molecule has 24 heavy (non-hydrogen) atoms. The monoisotopic (exact) mass is 375 g/mol. The number of aryl methyl sites for hydroxylation is 1. The number of hydrogen-bond acceptors (Lipinski definition) is 4. The van der Waals surface area contributed by atoms with Gasteiger partial charge in [0, 0.05) is 11.4 Å². The molecule has 2 aromatic heterocycles. The molecule has 0 bridgehead atoms. The van der Waals surface area contributed by atoms with E-state index >= 15 is 0 Å². The molecule has 124 valence electrons. The lowest BCUT2D eigenvalue weighted by Gasteiger charge is -2.35. The number of nitrogens with zero attached hydrogens (tertiary/aromatic N) is 1. The molecule has 1 aromatic carbocycles. The van der Waals surface area contributed by atoms with Gasteiger partial charge in [0.2, 0.25) is 0 Å². The standard InChI is InChI=1S/C18H17NO2S3/c1-13-6-7-17(23-13)24(20,21)19-10-8-14-4-2-3-5-16(14)18(19)15-9-11-22-12-15/h2-7,9,11-12,18H,8,10H2,1H3. The Balaban J connectivity index is 1.86. The van der Waals surface area contributed by atoms with Crippen molar-refractivity contribution in [3.63, 3.8) is 0 Å². The van der Waals surface area contributed by atoms with Gasteiger partial charge in [-0.25, -0.2) is 8.42 Å². The van der Waals surface area contributed by atoms with Crippen LogP contribution in [-0.2, 0) is 16.4 Å². The zero-order chi connectivity index (χ0) is 16.7. The van der Waals surface area contributed by atoms with Crippen LogP contribution in [0.2, 0.25) is 0 Å². The summed E-state index contributed by atoms with van der Waals surface area (Å²) in [4.78, 5) is 1.01. The first-order valence-corrected chi connectivity index (χ1v) is 11.0. The molecule has 0 spiro atoms. The Hall–Kier alpha value is -1.47. The van der Waals surface area contributed by atoms with E-state index in [9.17, 15) is 8.42 Å². The van der Waals surface area contributed by atoms with E-state index < -0.39 is 10.0 Å². The van der Waals surface area contributed by atoms with Gasteiger partial charge in [-0.2, -0.15) is 15.6 Å². The van der Waals surface area contributed by atoms with Crippen LogP contribution >= 0.6 is 22.7 Å². The lowest BCUT2D eigenvalue weighted by molar-refractivity contribution is 0.345. The van der Waals surface area contributed by atoms with Gasteiger partial charge in [-0.15, -0.1) is 11.3 Å². The number of thiophene rings is 2.